The van der Waals surface area contributed by atoms with E-state index in [4.69, 9.17) is 0 Å². The van der Waals surface area contributed by atoms with Crippen LogP contribution in [0.15, 0.2) is 30.3 Å². The molecule has 0 aliphatic carbocycles. The summed E-state index contributed by atoms with van der Waals surface area (Å²) in [6, 6.07) is 11.2. The zero-order valence-electron chi connectivity index (χ0n) is 11.0. The van der Waals surface area contributed by atoms with Crippen molar-refractivity contribution in [1.82, 2.24) is 10.2 Å². The first-order chi connectivity index (χ1) is 8.81. The lowest BCUT2D eigenvalue weighted by Crippen LogP contribution is -2.39. The number of nitrogens with zero attached hydrogens (tertiary/aromatic N) is 1. The van der Waals surface area contributed by atoms with Crippen molar-refractivity contribution in [2.24, 2.45) is 0 Å². The van der Waals surface area contributed by atoms with E-state index in [-0.39, 0.29) is 18.3 Å². The number of likely N-dealkylation sites (tertiary alicyclic amines) is 1. The minimum Gasteiger partial charge on any atom is -0.341 e. The number of carbonyl (C=O) groups is 1. The highest BCUT2D eigenvalue weighted by Gasteiger charge is 2.30. The number of amides is 1. The van der Waals surface area contributed by atoms with E-state index in [0.29, 0.717) is 18.5 Å². The Morgan fingerprint density at radius 2 is 1.89 bits per heavy atom. The number of benzene rings is 1. The molecular weight excluding hydrogens is 260 g/mol. The van der Waals surface area contributed by atoms with Gasteiger partial charge in [-0.25, -0.2) is 0 Å². The fourth-order valence-electron chi connectivity index (χ4n) is 3.05. The van der Waals surface area contributed by atoms with Crippen LogP contribution in [0.25, 0.3) is 0 Å². The topological polar surface area (TPSA) is 32.3 Å². The molecule has 1 aromatic rings. The molecule has 2 aliphatic rings. The Morgan fingerprint density at radius 3 is 2.68 bits per heavy atom. The van der Waals surface area contributed by atoms with Crippen molar-refractivity contribution in [2.45, 2.75) is 37.8 Å². The van der Waals surface area contributed by atoms with Gasteiger partial charge in [0.15, 0.2) is 0 Å². The monoisotopic (exact) mass is 280 g/mol. The largest absolute Gasteiger partial charge is 0.341 e. The summed E-state index contributed by atoms with van der Waals surface area (Å²) in [6.07, 6.45) is 4.15. The van der Waals surface area contributed by atoms with Crippen LogP contribution in [-0.4, -0.2) is 36.0 Å². The van der Waals surface area contributed by atoms with Crippen molar-refractivity contribution in [1.29, 1.82) is 0 Å². The summed E-state index contributed by atoms with van der Waals surface area (Å²) >= 11 is 0. The second kappa shape index (κ2) is 6.40. The van der Waals surface area contributed by atoms with Gasteiger partial charge in [-0.2, -0.15) is 0 Å². The molecule has 2 bridgehead atoms. The number of halogens is 1. The van der Waals surface area contributed by atoms with E-state index in [1.54, 1.807) is 0 Å². The van der Waals surface area contributed by atoms with Gasteiger partial charge in [-0.05, 0) is 24.8 Å². The first kappa shape index (κ1) is 14.4. The Balaban J connectivity index is 0.00000133. The van der Waals surface area contributed by atoms with Crippen molar-refractivity contribution in [2.75, 3.05) is 13.1 Å². The van der Waals surface area contributed by atoms with Gasteiger partial charge < -0.3 is 10.2 Å². The minimum absolute atomic E-state index is 0. The summed E-state index contributed by atoms with van der Waals surface area (Å²) in [6.45, 7) is 1.81. The second-order valence-electron chi connectivity index (χ2n) is 5.43. The van der Waals surface area contributed by atoms with Crippen LogP contribution < -0.4 is 5.32 Å². The zero-order chi connectivity index (χ0) is 12.4. The highest BCUT2D eigenvalue weighted by Crippen LogP contribution is 2.20. The van der Waals surface area contributed by atoms with E-state index < -0.39 is 0 Å². The molecule has 2 unspecified atom stereocenters. The van der Waals surface area contributed by atoms with Crippen molar-refractivity contribution in [3.05, 3.63) is 35.9 Å². The van der Waals surface area contributed by atoms with Crippen molar-refractivity contribution in [3.63, 3.8) is 0 Å². The molecule has 0 saturated carbocycles. The van der Waals surface area contributed by atoms with E-state index in [9.17, 15) is 4.79 Å². The summed E-state index contributed by atoms with van der Waals surface area (Å²) in [5.74, 6) is 0.274. The van der Waals surface area contributed by atoms with Gasteiger partial charge >= 0.3 is 0 Å². The molecule has 4 heteroatoms. The molecule has 0 spiro atoms. The average molecular weight is 281 g/mol. The average Bonchev–Trinajstić information content (AvgIpc) is 2.70. The summed E-state index contributed by atoms with van der Waals surface area (Å²) in [5, 5.41) is 3.61. The molecule has 3 rings (SSSR count). The fourth-order valence-corrected chi connectivity index (χ4v) is 3.05. The van der Waals surface area contributed by atoms with E-state index >= 15 is 0 Å². The van der Waals surface area contributed by atoms with Crippen LogP contribution in [0.2, 0.25) is 0 Å². The van der Waals surface area contributed by atoms with Gasteiger partial charge in [0.1, 0.15) is 0 Å². The molecule has 19 heavy (non-hydrogen) atoms. The normalized spacial score (nSPS) is 25.6. The Hall–Kier alpha value is -1.06. The lowest BCUT2D eigenvalue weighted by atomic mass is 10.1. The Bertz CT molecular complexity index is 423. The fraction of sp³-hybridized carbons (Fsp3) is 0.533. The highest BCUT2D eigenvalue weighted by atomic mass is 35.5. The molecule has 1 aromatic carbocycles. The Morgan fingerprint density at radius 1 is 1.16 bits per heavy atom. The number of nitrogens with one attached hydrogen (secondary N) is 1. The molecule has 1 N–H and O–H groups in total. The third kappa shape index (κ3) is 3.48. The molecule has 2 aliphatic heterocycles. The van der Waals surface area contributed by atoms with Crippen LogP contribution in [0.5, 0.6) is 0 Å². The van der Waals surface area contributed by atoms with E-state index in [1.165, 1.54) is 12.8 Å². The molecule has 0 radical (unpaired) electrons. The molecule has 0 aromatic heterocycles. The van der Waals surface area contributed by atoms with Gasteiger partial charge in [0.25, 0.3) is 0 Å². The Kier molecular flexibility index (Phi) is 4.83. The molecule has 2 heterocycles. The van der Waals surface area contributed by atoms with Gasteiger partial charge in [-0.15, -0.1) is 12.4 Å². The molecule has 2 saturated heterocycles. The predicted molar refractivity (Wildman–Crippen MR) is 78.5 cm³/mol. The van der Waals surface area contributed by atoms with Crippen LogP contribution >= 0.6 is 12.4 Å². The molecule has 2 atom stereocenters. The standard InChI is InChI=1S/C15H20N2O.ClH/c18-15(10-12-4-2-1-3-5-12)17-9-8-13-6-7-14(11-17)16-13;/h1-5,13-14,16H,6-11H2;1H. The number of rotatable bonds is 2. The van der Waals surface area contributed by atoms with Crippen LogP contribution in [0.3, 0.4) is 0 Å². The molecule has 104 valence electrons. The minimum atomic E-state index is 0. The van der Waals surface area contributed by atoms with Gasteiger partial charge in [0.2, 0.25) is 5.91 Å². The van der Waals surface area contributed by atoms with Crippen LogP contribution in [0.4, 0.5) is 0 Å². The first-order valence-electron chi connectivity index (χ1n) is 6.89. The van der Waals surface area contributed by atoms with Gasteiger partial charge in [0, 0.05) is 25.2 Å². The van der Waals surface area contributed by atoms with Crippen molar-refractivity contribution in [3.8, 4) is 0 Å². The van der Waals surface area contributed by atoms with Gasteiger partial charge in [-0.1, -0.05) is 30.3 Å². The lowest BCUT2D eigenvalue weighted by molar-refractivity contribution is -0.130. The summed E-state index contributed by atoms with van der Waals surface area (Å²) < 4.78 is 0. The first-order valence-corrected chi connectivity index (χ1v) is 6.89. The Labute approximate surface area is 120 Å². The number of carbonyl (C=O) groups excluding carboxylic acids is 1. The predicted octanol–water partition coefficient (Wildman–Crippen LogP) is 2.00. The van der Waals surface area contributed by atoms with Crippen LogP contribution in [-0.2, 0) is 11.2 Å². The lowest BCUT2D eigenvalue weighted by Gasteiger charge is -2.24. The number of hydrogen-bond donors (Lipinski definition) is 1. The summed E-state index contributed by atoms with van der Waals surface area (Å²) in [7, 11) is 0. The summed E-state index contributed by atoms with van der Waals surface area (Å²) in [4.78, 5) is 14.3. The maximum atomic E-state index is 12.3. The van der Waals surface area contributed by atoms with Crippen LogP contribution in [0.1, 0.15) is 24.8 Å². The third-order valence-corrected chi connectivity index (χ3v) is 4.07. The quantitative estimate of drug-likeness (QED) is 0.899. The maximum absolute atomic E-state index is 12.3. The number of fused-ring (bicyclic) bond motifs is 2. The zero-order valence-corrected chi connectivity index (χ0v) is 11.9. The third-order valence-electron chi connectivity index (χ3n) is 4.07. The SMILES string of the molecule is Cl.O=C(Cc1ccccc1)N1CCC2CCC(C1)N2. The molecular formula is C15H21ClN2O. The molecule has 2 fully saturated rings. The molecule has 3 nitrogen and oxygen atoms in total. The van der Waals surface area contributed by atoms with E-state index in [1.807, 2.05) is 35.2 Å². The smallest absolute Gasteiger partial charge is 0.227 e. The van der Waals surface area contributed by atoms with Gasteiger partial charge in [-0.3, -0.25) is 4.79 Å². The number of hydrogen-bond acceptors (Lipinski definition) is 2. The van der Waals surface area contributed by atoms with Gasteiger partial charge in [0.05, 0.1) is 6.42 Å². The van der Waals surface area contributed by atoms with Crippen molar-refractivity contribution < 1.29 is 4.79 Å². The van der Waals surface area contributed by atoms with Crippen LogP contribution in [0, 0.1) is 0 Å². The summed E-state index contributed by atoms with van der Waals surface area (Å²) in [5.41, 5.74) is 1.12. The van der Waals surface area contributed by atoms with Crippen molar-refractivity contribution >= 4 is 18.3 Å². The highest BCUT2D eigenvalue weighted by molar-refractivity contribution is 5.85. The maximum Gasteiger partial charge on any atom is 0.227 e. The van der Waals surface area contributed by atoms with E-state index in [0.717, 1.165) is 25.1 Å². The second-order valence-corrected chi connectivity index (χ2v) is 5.43. The van der Waals surface area contributed by atoms with E-state index in [2.05, 4.69) is 5.32 Å². The molecule has 1 amide bonds.